The maximum atomic E-state index is 12.4. The third kappa shape index (κ3) is 2.50. The zero-order valence-electron chi connectivity index (χ0n) is 8.09. The number of halogens is 5. The van der Waals surface area contributed by atoms with Crippen molar-refractivity contribution < 1.29 is 27.1 Å². The van der Waals surface area contributed by atoms with Crippen LogP contribution in [0.15, 0.2) is 6.20 Å². The highest BCUT2D eigenvalue weighted by molar-refractivity contribution is 5.46. The molecule has 0 fully saturated rings. The minimum absolute atomic E-state index is 0.166. The molecule has 8 heteroatoms. The number of rotatable bonds is 2. The quantitative estimate of drug-likeness (QED) is 0.822. The van der Waals surface area contributed by atoms with Crippen LogP contribution < -0.4 is 0 Å². The van der Waals surface area contributed by atoms with E-state index in [2.05, 4.69) is 4.98 Å². The zero-order valence-corrected chi connectivity index (χ0v) is 8.09. The largest absolute Gasteiger partial charge is 0.419 e. The second-order valence-corrected chi connectivity index (χ2v) is 2.98. The van der Waals surface area contributed by atoms with Crippen LogP contribution in [0.2, 0.25) is 0 Å². The fourth-order valence-electron chi connectivity index (χ4n) is 1.26. The topological polar surface area (TPSA) is 56.9 Å². The average molecular weight is 252 g/mol. The van der Waals surface area contributed by atoms with Crippen molar-refractivity contribution in [3.8, 4) is 6.07 Å². The molecule has 1 aromatic rings. The second-order valence-electron chi connectivity index (χ2n) is 2.98. The summed E-state index contributed by atoms with van der Waals surface area (Å²) in [6, 6.07) is 1.16. The summed E-state index contributed by atoms with van der Waals surface area (Å²) in [5.74, 6) is 0. The molecule has 0 saturated heterocycles. The van der Waals surface area contributed by atoms with Gasteiger partial charge in [0.1, 0.15) is 11.8 Å². The summed E-state index contributed by atoms with van der Waals surface area (Å²) in [6.45, 7) is -1.11. The SMILES string of the molecule is N#Cc1c(C(F)(F)F)cnc(C(F)F)c1CO. The first kappa shape index (κ1) is 13.3. The van der Waals surface area contributed by atoms with E-state index < -0.39 is 41.6 Å². The number of pyridine rings is 1. The summed E-state index contributed by atoms with van der Waals surface area (Å²) in [7, 11) is 0. The smallest absolute Gasteiger partial charge is 0.392 e. The molecule has 1 heterocycles. The summed E-state index contributed by atoms with van der Waals surface area (Å²) < 4.78 is 62.1. The molecule has 92 valence electrons. The van der Waals surface area contributed by atoms with Gasteiger partial charge in [0.15, 0.2) is 0 Å². The number of aromatic nitrogens is 1. The summed E-state index contributed by atoms with van der Waals surface area (Å²) in [4.78, 5) is 2.94. The molecular formula is C9H5F5N2O. The predicted octanol–water partition coefficient (Wildman–Crippen LogP) is 2.40. The number of hydrogen-bond donors (Lipinski definition) is 1. The molecule has 0 amide bonds. The highest BCUT2D eigenvalue weighted by Gasteiger charge is 2.36. The fourth-order valence-corrected chi connectivity index (χ4v) is 1.26. The van der Waals surface area contributed by atoms with E-state index >= 15 is 0 Å². The second kappa shape index (κ2) is 4.63. The summed E-state index contributed by atoms with van der Waals surface area (Å²) in [5.41, 5.74) is -4.27. The first-order valence-corrected chi connectivity index (χ1v) is 4.21. The maximum absolute atomic E-state index is 12.4. The van der Waals surface area contributed by atoms with Crippen molar-refractivity contribution in [3.05, 3.63) is 28.6 Å². The zero-order chi connectivity index (χ0) is 13.2. The molecule has 17 heavy (non-hydrogen) atoms. The number of nitrogens with zero attached hydrogens (tertiary/aromatic N) is 2. The number of hydrogen-bond acceptors (Lipinski definition) is 3. The Balaban J connectivity index is 3.56. The number of alkyl halides is 5. The lowest BCUT2D eigenvalue weighted by Gasteiger charge is -2.13. The van der Waals surface area contributed by atoms with Gasteiger partial charge >= 0.3 is 6.18 Å². The normalized spacial score (nSPS) is 11.6. The minimum atomic E-state index is -4.89. The third-order valence-electron chi connectivity index (χ3n) is 2.00. The van der Waals surface area contributed by atoms with Gasteiger partial charge in [-0.25, -0.2) is 8.78 Å². The van der Waals surface area contributed by atoms with Crippen LogP contribution in [-0.4, -0.2) is 10.1 Å². The van der Waals surface area contributed by atoms with Crippen molar-refractivity contribution in [1.82, 2.24) is 4.98 Å². The number of nitriles is 1. The van der Waals surface area contributed by atoms with Gasteiger partial charge in [0.25, 0.3) is 6.43 Å². The van der Waals surface area contributed by atoms with E-state index in [4.69, 9.17) is 10.4 Å². The Bertz CT molecular complexity index is 464. The van der Waals surface area contributed by atoms with E-state index in [0.29, 0.717) is 0 Å². The molecule has 0 unspecified atom stereocenters. The van der Waals surface area contributed by atoms with E-state index in [9.17, 15) is 22.0 Å². The van der Waals surface area contributed by atoms with Crippen molar-refractivity contribution >= 4 is 0 Å². The highest BCUT2D eigenvalue weighted by Crippen LogP contribution is 2.35. The van der Waals surface area contributed by atoms with Gasteiger partial charge in [-0.2, -0.15) is 18.4 Å². The molecule has 0 aliphatic carbocycles. The van der Waals surface area contributed by atoms with Gasteiger partial charge < -0.3 is 5.11 Å². The van der Waals surface area contributed by atoms with Gasteiger partial charge in [-0.15, -0.1) is 0 Å². The van der Waals surface area contributed by atoms with Crippen molar-refractivity contribution in [2.75, 3.05) is 0 Å². The Morgan fingerprint density at radius 1 is 1.41 bits per heavy atom. The molecule has 0 aliphatic rings. The molecule has 0 radical (unpaired) electrons. The molecule has 0 spiro atoms. The van der Waals surface area contributed by atoms with Gasteiger partial charge in [-0.05, 0) is 0 Å². The van der Waals surface area contributed by atoms with Crippen molar-refractivity contribution in [2.24, 2.45) is 0 Å². The van der Waals surface area contributed by atoms with E-state index in [1.807, 2.05) is 0 Å². The number of aliphatic hydroxyl groups is 1. The van der Waals surface area contributed by atoms with Gasteiger partial charge in [0.05, 0.1) is 17.7 Å². The molecule has 0 aliphatic heterocycles. The van der Waals surface area contributed by atoms with Gasteiger partial charge in [0, 0.05) is 11.8 Å². The standard InChI is InChI=1S/C9H5F5N2O/c10-8(11)7-5(3-17)4(1-15)6(2-16-7)9(12,13)14/h2,8,17H,3H2. The summed E-state index contributed by atoms with van der Waals surface area (Å²) >= 11 is 0. The third-order valence-corrected chi connectivity index (χ3v) is 2.00. The molecule has 1 aromatic heterocycles. The Kier molecular flexibility index (Phi) is 3.63. The summed E-state index contributed by atoms with van der Waals surface area (Å²) in [5, 5.41) is 17.3. The van der Waals surface area contributed by atoms with Crippen LogP contribution in [0.25, 0.3) is 0 Å². The highest BCUT2D eigenvalue weighted by atomic mass is 19.4. The van der Waals surface area contributed by atoms with E-state index in [-0.39, 0.29) is 6.20 Å². The molecule has 1 rings (SSSR count). The average Bonchev–Trinajstić information content (AvgIpc) is 2.25. The van der Waals surface area contributed by atoms with Crippen LogP contribution in [0.1, 0.15) is 28.8 Å². The lowest BCUT2D eigenvalue weighted by atomic mass is 10.0. The van der Waals surface area contributed by atoms with Gasteiger partial charge in [0.2, 0.25) is 0 Å². The van der Waals surface area contributed by atoms with Crippen molar-refractivity contribution in [3.63, 3.8) is 0 Å². The molecule has 1 N–H and O–H groups in total. The lowest BCUT2D eigenvalue weighted by molar-refractivity contribution is -0.138. The van der Waals surface area contributed by atoms with Crippen LogP contribution >= 0.6 is 0 Å². The van der Waals surface area contributed by atoms with Crippen LogP contribution in [-0.2, 0) is 12.8 Å². The summed E-state index contributed by atoms with van der Waals surface area (Å²) in [6.07, 6.45) is -7.88. The first-order chi connectivity index (χ1) is 7.82. The van der Waals surface area contributed by atoms with E-state index in [0.717, 1.165) is 6.07 Å². The maximum Gasteiger partial charge on any atom is 0.419 e. The molecular weight excluding hydrogens is 247 g/mol. The minimum Gasteiger partial charge on any atom is -0.392 e. The Morgan fingerprint density at radius 2 is 2.00 bits per heavy atom. The van der Waals surface area contributed by atoms with Gasteiger partial charge in [-0.3, -0.25) is 4.98 Å². The van der Waals surface area contributed by atoms with Gasteiger partial charge in [-0.1, -0.05) is 0 Å². The monoisotopic (exact) mass is 252 g/mol. The fraction of sp³-hybridized carbons (Fsp3) is 0.333. The Hall–Kier alpha value is -1.75. The molecule has 0 atom stereocenters. The van der Waals surface area contributed by atoms with Crippen LogP contribution in [0.3, 0.4) is 0 Å². The van der Waals surface area contributed by atoms with Crippen LogP contribution in [0, 0.1) is 11.3 Å². The number of aliphatic hydroxyl groups excluding tert-OH is 1. The van der Waals surface area contributed by atoms with Crippen molar-refractivity contribution in [1.29, 1.82) is 5.26 Å². The molecule has 0 aromatic carbocycles. The lowest BCUT2D eigenvalue weighted by Crippen LogP contribution is -2.13. The Morgan fingerprint density at radius 3 is 2.35 bits per heavy atom. The molecule has 0 saturated carbocycles. The van der Waals surface area contributed by atoms with E-state index in [1.54, 1.807) is 0 Å². The first-order valence-electron chi connectivity index (χ1n) is 4.21. The molecule has 0 bridgehead atoms. The Labute approximate surface area is 92.1 Å². The van der Waals surface area contributed by atoms with Crippen LogP contribution in [0.4, 0.5) is 22.0 Å². The molecule has 3 nitrogen and oxygen atoms in total. The predicted molar refractivity (Wildman–Crippen MR) is 44.8 cm³/mol. The van der Waals surface area contributed by atoms with Crippen molar-refractivity contribution in [2.45, 2.75) is 19.2 Å². The van der Waals surface area contributed by atoms with E-state index in [1.165, 1.54) is 0 Å². The van der Waals surface area contributed by atoms with Crippen LogP contribution in [0.5, 0.6) is 0 Å².